The topological polar surface area (TPSA) is 50.8 Å². The summed E-state index contributed by atoms with van der Waals surface area (Å²) in [5.74, 6) is 0.700. The van der Waals surface area contributed by atoms with E-state index in [1.807, 2.05) is 12.1 Å². The summed E-state index contributed by atoms with van der Waals surface area (Å²) in [4.78, 5) is 14.5. The summed E-state index contributed by atoms with van der Waals surface area (Å²) >= 11 is 0. The minimum atomic E-state index is -0.450. The molecule has 2 fully saturated rings. The number of piperidine rings is 1. The number of ether oxygens (including phenoxy) is 2. The lowest BCUT2D eigenvalue weighted by Gasteiger charge is -2.43. The Hall–Kier alpha value is -1.85. The van der Waals surface area contributed by atoms with Crippen LogP contribution in [0.1, 0.15) is 38.2 Å². The van der Waals surface area contributed by atoms with Gasteiger partial charge in [0.2, 0.25) is 0 Å². The largest absolute Gasteiger partial charge is 0.497 e. The van der Waals surface area contributed by atoms with Crippen LogP contribution in [-0.4, -0.2) is 48.8 Å². The predicted molar refractivity (Wildman–Crippen MR) is 100 cm³/mol. The van der Waals surface area contributed by atoms with E-state index in [-0.39, 0.29) is 5.97 Å². The molecule has 3 atom stereocenters. The zero-order valence-electron chi connectivity index (χ0n) is 15.7. The van der Waals surface area contributed by atoms with Gasteiger partial charge in [-0.25, -0.2) is 4.79 Å². The van der Waals surface area contributed by atoms with Gasteiger partial charge >= 0.3 is 5.97 Å². The Morgan fingerprint density at radius 1 is 1.31 bits per heavy atom. The highest BCUT2D eigenvalue weighted by Gasteiger charge is 2.50. The van der Waals surface area contributed by atoms with Crippen molar-refractivity contribution in [2.45, 2.75) is 56.8 Å². The van der Waals surface area contributed by atoms with E-state index in [2.05, 4.69) is 29.3 Å². The van der Waals surface area contributed by atoms with Crippen molar-refractivity contribution >= 4 is 5.97 Å². The Morgan fingerprint density at radius 3 is 2.88 bits per heavy atom. The highest BCUT2D eigenvalue weighted by molar-refractivity contribution is 5.87. The lowest BCUT2D eigenvalue weighted by molar-refractivity contribution is -0.150. The Balaban J connectivity index is 1.49. The van der Waals surface area contributed by atoms with Crippen LogP contribution in [0.4, 0.5) is 0 Å². The average Bonchev–Trinajstić information content (AvgIpc) is 2.88. The lowest BCUT2D eigenvalue weighted by Crippen LogP contribution is -2.54. The number of esters is 1. The van der Waals surface area contributed by atoms with Crippen LogP contribution in [0.2, 0.25) is 0 Å². The maximum Gasteiger partial charge on any atom is 0.331 e. The predicted octanol–water partition coefficient (Wildman–Crippen LogP) is 2.65. The monoisotopic (exact) mass is 356 g/mol. The van der Waals surface area contributed by atoms with E-state index in [0.717, 1.165) is 43.8 Å². The molecule has 3 aliphatic heterocycles. The maximum atomic E-state index is 12.0. The van der Waals surface area contributed by atoms with Gasteiger partial charge in [-0.1, -0.05) is 18.6 Å². The Morgan fingerprint density at radius 2 is 2.12 bits per heavy atom. The summed E-state index contributed by atoms with van der Waals surface area (Å²) in [7, 11) is 1.68. The van der Waals surface area contributed by atoms with Gasteiger partial charge in [0.15, 0.2) is 0 Å². The highest BCUT2D eigenvalue weighted by atomic mass is 16.6. The van der Waals surface area contributed by atoms with Crippen LogP contribution in [0.5, 0.6) is 5.75 Å². The van der Waals surface area contributed by atoms with Gasteiger partial charge in [-0.05, 0) is 56.0 Å². The molecule has 26 heavy (non-hydrogen) atoms. The van der Waals surface area contributed by atoms with Crippen LogP contribution >= 0.6 is 0 Å². The molecule has 1 N–H and O–H groups in total. The first-order valence-corrected chi connectivity index (χ1v) is 9.63. The third-order valence-corrected chi connectivity index (χ3v) is 6.17. The molecule has 0 unspecified atom stereocenters. The van der Waals surface area contributed by atoms with Gasteiger partial charge in [0, 0.05) is 25.2 Å². The van der Waals surface area contributed by atoms with Gasteiger partial charge in [0.05, 0.1) is 13.2 Å². The van der Waals surface area contributed by atoms with Crippen LogP contribution in [0.15, 0.2) is 35.9 Å². The number of rotatable bonds is 4. The van der Waals surface area contributed by atoms with Crippen molar-refractivity contribution in [2.24, 2.45) is 0 Å². The van der Waals surface area contributed by atoms with E-state index in [1.165, 1.54) is 18.4 Å². The second-order valence-corrected chi connectivity index (χ2v) is 7.83. The molecule has 0 aromatic heterocycles. The molecule has 4 rings (SSSR count). The molecule has 0 amide bonds. The molecule has 0 aliphatic carbocycles. The van der Waals surface area contributed by atoms with Crippen molar-refractivity contribution in [1.29, 1.82) is 0 Å². The molecule has 5 heteroatoms. The van der Waals surface area contributed by atoms with Crippen molar-refractivity contribution in [3.63, 3.8) is 0 Å². The van der Waals surface area contributed by atoms with E-state index in [1.54, 1.807) is 13.2 Å². The van der Waals surface area contributed by atoms with Crippen LogP contribution in [0.3, 0.4) is 0 Å². The molecule has 3 heterocycles. The summed E-state index contributed by atoms with van der Waals surface area (Å²) in [6.07, 6.45) is 6.15. The molecule has 0 spiro atoms. The first kappa shape index (κ1) is 17.6. The summed E-state index contributed by atoms with van der Waals surface area (Å²) in [6.45, 7) is 5.02. The fraction of sp³-hybridized carbons (Fsp3) is 0.571. The molecule has 3 aliphatic rings. The van der Waals surface area contributed by atoms with Crippen LogP contribution in [0, 0.1) is 0 Å². The van der Waals surface area contributed by atoms with E-state index in [0.29, 0.717) is 12.1 Å². The SMILES string of the molecule is COc1ccc(CN[C@@H]2CC3=CC(=O)O[C@]3(C)[C@H]3CCCCN3C2)cc1. The molecule has 1 aromatic rings. The third-order valence-electron chi connectivity index (χ3n) is 6.17. The van der Waals surface area contributed by atoms with Gasteiger partial charge < -0.3 is 14.8 Å². The molecular weight excluding hydrogens is 328 g/mol. The molecule has 2 saturated heterocycles. The first-order chi connectivity index (χ1) is 12.6. The van der Waals surface area contributed by atoms with Crippen molar-refractivity contribution < 1.29 is 14.3 Å². The minimum absolute atomic E-state index is 0.177. The molecule has 1 aromatic carbocycles. The van der Waals surface area contributed by atoms with Crippen LogP contribution in [0.25, 0.3) is 0 Å². The average molecular weight is 356 g/mol. The number of hydrogen-bond acceptors (Lipinski definition) is 5. The van der Waals surface area contributed by atoms with Gasteiger partial charge in [-0.2, -0.15) is 0 Å². The third kappa shape index (κ3) is 3.26. The number of carbonyl (C=O) groups is 1. The second kappa shape index (κ2) is 7.05. The summed E-state index contributed by atoms with van der Waals surface area (Å²) < 4.78 is 11.1. The van der Waals surface area contributed by atoms with Crippen LogP contribution in [-0.2, 0) is 16.1 Å². The van der Waals surface area contributed by atoms with Gasteiger partial charge in [0.1, 0.15) is 11.4 Å². The molecule has 5 nitrogen and oxygen atoms in total. The molecule has 0 bridgehead atoms. The fourth-order valence-electron chi connectivity index (χ4n) is 4.72. The van der Waals surface area contributed by atoms with E-state index in [4.69, 9.17) is 9.47 Å². The fourth-order valence-corrected chi connectivity index (χ4v) is 4.72. The minimum Gasteiger partial charge on any atom is -0.497 e. The lowest BCUT2D eigenvalue weighted by atomic mass is 9.82. The first-order valence-electron chi connectivity index (χ1n) is 9.63. The van der Waals surface area contributed by atoms with E-state index >= 15 is 0 Å². The number of hydrogen-bond donors (Lipinski definition) is 1. The Kier molecular flexibility index (Phi) is 4.76. The Labute approximate surface area is 155 Å². The molecule has 140 valence electrons. The van der Waals surface area contributed by atoms with E-state index < -0.39 is 5.60 Å². The number of benzene rings is 1. The summed E-state index contributed by atoms with van der Waals surface area (Å²) in [5, 5.41) is 3.70. The number of fused-ring (bicyclic) bond motifs is 3. The maximum absolute atomic E-state index is 12.0. The number of nitrogens with zero attached hydrogens (tertiary/aromatic N) is 1. The zero-order chi connectivity index (χ0) is 18.1. The van der Waals surface area contributed by atoms with E-state index in [9.17, 15) is 4.79 Å². The molecule has 0 saturated carbocycles. The number of methoxy groups -OCH3 is 1. The normalized spacial score (nSPS) is 31.5. The van der Waals surface area contributed by atoms with Crippen molar-refractivity contribution in [1.82, 2.24) is 10.2 Å². The molecule has 0 radical (unpaired) electrons. The van der Waals surface area contributed by atoms with Gasteiger partial charge in [-0.3, -0.25) is 4.90 Å². The second-order valence-electron chi connectivity index (χ2n) is 7.83. The van der Waals surface area contributed by atoms with Crippen LogP contribution < -0.4 is 10.1 Å². The molecular formula is C21H28N2O3. The Bertz CT molecular complexity index is 700. The smallest absolute Gasteiger partial charge is 0.331 e. The standard InChI is InChI=1S/C21H28N2O3/c1-21-16(12-20(24)26-21)11-17(14-23-10-4-3-5-19(21)23)22-13-15-6-8-18(25-2)9-7-15/h6-9,12,17,19,22H,3-5,10-11,13-14H2,1-2H3/t17-,19-,21+/m1/s1. The van der Waals surface area contributed by atoms with Gasteiger partial charge in [0.25, 0.3) is 0 Å². The summed E-state index contributed by atoms with van der Waals surface area (Å²) in [5.41, 5.74) is 1.94. The number of carbonyl (C=O) groups excluding carboxylic acids is 1. The quantitative estimate of drug-likeness (QED) is 0.841. The van der Waals surface area contributed by atoms with Crippen molar-refractivity contribution in [3.05, 3.63) is 41.5 Å². The zero-order valence-corrected chi connectivity index (χ0v) is 15.7. The van der Waals surface area contributed by atoms with Crippen molar-refractivity contribution in [3.8, 4) is 5.75 Å². The van der Waals surface area contributed by atoms with Gasteiger partial charge in [-0.15, -0.1) is 0 Å². The highest BCUT2D eigenvalue weighted by Crippen LogP contribution is 2.42. The number of nitrogens with one attached hydrogen (secondary N) is 1. The summed E-state index contributed by atoms with van der Waals surface area (Å²) in [6, 6.07) is 8.80. The van der Waals surface area contributed by atoms with Crippen molar-refractivity contribution in [2.75, 3.05) is 20.2 Å².